The molecule has 0 radical (unpaired) electrons. The zero-order valence-corrected chi connectivity index (χ0v) is 19.0. The maximum atomic E-state index is 11.9. The predicted molar refractivity (Wildman–Crippen MR) is 124 cm³/mol. The standard InChI is InChI=1S/C23H28N6O4/c1-23(2,3)14-11-29(22(31)32)12-17-18(14)20(28-6-8-33-9-7-28)27-19(24-17)13-4-5-15-16(10-13)26-21(30)25-15/h4-5,10,14H,6-9,11-12H2,1-3H3,(H,31,32)(H2,25,26,30). The Balaban J connectivity index is 1.71. The quantitative estimate of drug-likeness (QED) is 0.545. The minimum Gasteiger partial charge on any atom is -0.465 e. The molecule has 1 amide bonds. The summed E-state index contributed by atoms with van der Waals surface area (Å²) in [6.07, 6.45) is -0.950. The van der Waals surface area contributed by atoms with E-state index in [2.05, 4.69) is 35.6 Å². The zero-order chi connectivity index (χ0) is 23.3. The molecular weight excluding hydrogens is 424 g/mol. The van der Waals surface area contributed by atoms with E-state index in [1.807, 2.05) is 18.2 Å². The third-order valence-corrected chi connectivity index (χ3v) is 6.50. The van der Waals surface area contributed by atoms with Crippen molar-refractivity contribution < 1.29 is 14.6 Å². The second-order valence-electron chi connectivity index (χ2n) is 9.75. The van der Waals surface area contributed by atoms with Crippen LogP contribution < -0.4 is 10.6 Å². The Morgan fingerprint density at radius 3 is 2.58 bits per heavy atom. The van der Waals surface area contributed by atoms with Crippen molar-refractivity contribution in [1.82, 2.24) is 24.8 Å². The van der Waals surface area contributed by atoms with Crippen LogP contribution in [0.5, 0.6) is 0 Å². The number of benzene rings is 1. The topological polar surface area (TPSA) is 127 Å². The van der Waals surface area contributed by atoms with Crippen molar-refractivity contribution in [2.24, 2.45) is 5.41 Å². The van der Waals surface area contributed by atoms with Gasteiger partial charge in [-0.05, 0) is 23.6 Å². The Bertz CT molecular complexity index is 1270. The summed E-state index contributed by atoms with van der Waals surface area (Å²) in [5.41, 5.74) is 3.45. The van der Waals surface area contributed by atoms with Gasteiger partial charge in [-0.25, -0.2) is 19.6 Å². The van der Waals surface area contributed by atoms with E-state index in [9.17, 15) is 14.7 Å². The number of imidazole rings is 1. The molecule has 10 nitrogen and oxygen atoms in total. The van der Waals surface area contributed by atoms with Gasteiger partial charge in [-0.3, -0.25) is 0 Å². The monoisotopic (exact) mass is 452 g/mol. The smallest absolute Gasteiger partial charge is 0.407 e. The number of carbonyl (C=O) groups is 1. The van der Waals surface area contributed by atoms with Crippen LogP contribution >= 0.6 is 0 Å². The van der Waals surface area contributed by atoms with E-state index in [0.717, 1.165) is 22.6 Å². The summed E-state index contributed by atoms with van der Waals surface area (Å²) in [6.45, 7) is 9.66. The second-order valence-corrected chi connectivity index (χ2v) is 9.75. The number of carboxylic acid groups (broad SMARTS) is 1. The maximum absolute atomic E-state index is 11.9. The molecule has 2 aromatic heterocycles. The van der Waals surface area contributed by atoms with E-state index >= 15 is 0 Å². The van der Waals surface area contributed by atoms with Gasteiger partial charge < -0.3 is 29.6 Å². The Labute approximate surface area is 190 Å². The number of morpholine rings is 1. The Kier molecular flexibility index (Phi) is 5.12. The lowest BCUT2D eigenvalue weighted by Gasteiger charge is -2.42. The number of hydrogen-bond acceptors (Lipinski definition) is 6. The first kappa shape index (κ1) is 21.4. The Hall–Kier alpha value is -3.40. The van der Waals surface area contributed by atoms with E-state index < -0.39 is 6.09 Å². The van der Waals surface area contributed by atoms with Crippen LogP contribution in [0.1, 0.15) is 37.9 Å². The minimum atomic E-state index is -0.950. The largest absolute Gasteiger partial charge is 0.465 e. The number of ether oxygens (including phenoxy) is 1. The molecule has 1 saturated heterocycles. The molecule has 1 unspecified atom stereocenters. The summed E-state index contributed by atoms with van der Waals surface area (Å²) in [5, 5.41) is 9.79. The minimum absolute atomic E-state index is 0.0484. The molecule has 0 aliphatic carbocycles. The number of aromatic nitrogens is 4. The van der Waals surface area contributed by atoms with Crippen LogP contribution in [-0.4, -0.2) is 68.9 Å². The highest BCUT2D eigenvalue weighted by molar-refractivity contribution is 5.80. The van der Waals surface area contributed by atoms with Crippen molar-refractivity contribution in [2.75, 3.05) is 37.7 Å². The number of rotatable bonds is 2. The lowest BCUT2D eigenvalue weighted by molar-refractivity contribution is 0.117. The third kappa shape index (κ3) is 3.95. The number of H-pyrrole nitrogens is 2. The molecule has 174 valence electrons. The van der Waals surface area contributed by atoms with Gasteiger partial charge in [0, 0.05) is 36.7 Å². The highest BCUT2D eigenvalue weighted by Crippen LogP contribution is 2.44. The van der Waals surface area contributed by atoms with E-state index in [4.69, 9.17) is 14.7 Å². The summed E-state index contributed by atoms with van der Waals surface area (Å²) in [7, 11) is 0. The lowest BCUT2D eigenvalue weighted by atomic mass is 9.74. The van der Waals surface area contributed by atoms with E-state index in [1.165, 1.54) is 4.90 Å². The van der Waals surface area contributed by atoms with Crippen LogP contribution in [0.2, 0.25) is 0 Å². The molecule has 2 aliphatic rings. The molecule has 10 heteroatoms. The van der Waals surface area contributed by atoms with Crippen LogP contribution in [-0.2, 0) is 11.3 Å². The fourth-order valence-corrected chi connectivity index (χ4v) is 4.71. The lowest BCUT2D eigenvalue weighted by Crippen LogP contribution is -2.44. The molecule has 1 fully saturated rings. The van der Waals surface area contributed by atoms with E-state index in [-0.39, 0.29) is 23.6 Å². The van der Waals surface area contributed by atoms with Gasteiger partial charge in [0.05, 0.1) is 36.5 Å². The van der Waals surface area contributed by atoms with Crippen LogP contribution in [0, 0.1) is 5.41 Å². The van der Waals surface area contributed by atoms with Crippen LogP contribution in [0.4, 0.5) is 10.6 Å². The molecular formula is C23H28N6O4. The number of fused-ring (bicyclic) bond motifs is 2. The molecule has 1 aromatic carbocycles. The fraction of sp³-hybridized carbons (Fsp3) is 0.478. The highest BCUT2D eigenvalue weighted by Gasteiger charge is 2.40. The number of hydrogen-bond donors (Lipinski definition) is 3. The van der Waals surface area contributed by atoms with Gasteiger partial charge >= 0.3 is 11.8 Å². The highest BCUT2D eigenvalue weighted by atomic mass is 16.5. The van der Waals surface area contributed by atoms with Crippen LogP contribution in [0.25, 0.3) is 22.4 Å². The van der Waals surface area contributed by atoms with Gasteiger partial charge in [0.25, 0.3) is 0 Å². The number of nitrogens with zero attached hydrogens (tertiary/aromatic N) is 4. The van der Waals surface area contributed by atoms with Crippen LogP contribution in [0.15, 0.2) is 23.0 Å². The molecule has 4 heterocycles. The van der Waals surface area contributed by atoms with Gasteiger partial charge in [0.2, 0.25) is 0 Å². The summed E-state index contributed by atoms with van der Waals surface area (Å²) in [6, 6.07) is 5.54. The Morgan fingerprint density at radius 2 is 1.88 bits per heavy atom. The molecule has 0 spiro atoms. The molecule has 2 aliphatic heterocycles. The van der Waals surface area contributed by atoms with Gasteiger partial charge in [-0.2, -0.15) is 0 Å². The van der Waals surface area contributed by atoms with E-state index in [1.54, 1.807) is 0 Å². The molecule has 1 atom stereocenters. The molecule has 0 bridgehead atoms. The Morgan fingerprint density at radius 1 is 1.15 bits per heavy atom. The van der Waals surface area contributed by atoms with Crippen LogP contribution in [0.3, 0.4) is 0 Å². The van der Waals surface area contributed by atoms with Crippen molar-refractivity contribution >= 4 is 22.9 Å². The number of nitrogens with one attached hydrogen (secondary N) is 2. The molecule has 3 aromatic rings. The molecule has 33 heavy (non-hydrogen) atoms. The van der Waals surface area contributed by atoms with E-state index in [0.29, 0.717) is 49.7 Å². The molecule has 0 saturated carbocycles. The zero-order valence-electron chi connectivity index (χ0n) is 19.0. The SMILES string of the molecule is CC(C)(C)C1CN(C(=O)O)Cc2nc(-c3ccc4[nH]c(=O)[nH]c4c3)nc(N3CCOCC3)c21. The maximum Gasteiger partial charge on any atom is 0.407 e. The van der Waals surface area contributed by atoms with Crippen molar-refractivity contribution in [3.8, 4) is 11.4 Å². The van der Waals surface area contributed by atoms with Gasteiger partial charge in [-0.15, -0.1) is 0 Å². The first-order valence-corrected chi connectivity index (χ1v) is 11.1. The first-order valence-electron chi connectivity index (χ1n) is 11.1. The average Bonchev–Trinajstić information content (AvgIpc) is 3.16. The van der Waals surface area contributed by atoms with Crippen molar-refractivity contribution in [3.05, 3.63) is 39.9 Å². The number of aromatic amines is 2. The number of amides is 1. The summed E-state index contributed by atoms with van der Waals surface area (Å²) >= 11 is 0. The van der Waals surface area contributed by atoms with Crippen molar-refractivity contribution in [1.29, 1.82) is 0 Å². The first-order chi connectivity index (χ1) is 15.7. The number of anilines is 1. The van der Waals surface area contributed by atoms with Crippen molar-refractivity contribution in [2.45, 2.75) is 33.2 Å². The van der Waals surface area contributed by atoms with Gasteiger partial charge in [0.15, 0.2) is 5.82 Å². The van der Waals surface area contributed by atoms with Gasteiger partial charge in [-0.1, -0.05) is 20.8 Å². The second kappa shape index (κ2) is 7.87. The normalized spacial score (nSPS) is 19.1. The summed E-state index contributed by atoms with van der Waals surface area (Å²) in [4.78, 5) is 42.7. The third-order valence-electron chi connectivity index (χ3n) is 6.50. The fourth-order valence-electron chi connectivity index (χ4n) is 4.71. The summed E-state index contributed by atoms with van der Waals surface area (Å²) in [5.74, 6) is 1.32. The predicted octanol–water partition coefficient (Wildman–Crippen LogP) is 2.77. The summed E-state index contributed by atoms with van der Waals surface area (Å²) < 4.78 is 5.57. The average molecular weight is 453 g/mol. The molecule has 5 rings (SSSR count). The van der Waals surface area contributed by atoms with Crippen molar-refractivity contribution in [3.63, 3.8) is 0 Å². The molecule has 3 N–H and O–H groups in total. The van der Waals surface area contributed by atoms with Gasteiger partial charge in [0.1, 0.15) is 5.82 Å².